The van der Waals surface area contributed by atoms with Crippen LogP contribution in [0.1, 0.15) is 12.0 Å². The molecule has 3 rings (SSSR count). The normalized spacial score (nSPS) is 19.4. The van der Waals surface area contributed by atoms with Crippen LogP contribution in [-0.2, 0) is 21.4 Å². The minimum Gasteiger partial charge on any atom is -0.337 e. The fourth-order valence-corrected chi connectivity index (χ4v) is 3.20. The summed E-state index contributed by atoms with van der Waals surface area (Å²) in [6.45, 7) is 0.480. The van der Waals surface area contributed by atoms with Crippen molar-refractivity contribution in [3.05, 3.63) is 36.2 Å². The molecule has 1 aliphatic rings. The van der Waals surface area contributed by atoms with Gasteiger partial charge >= 0.3 is 0 Å². The monoisotopic (exact) mass is 306 g/mol. The summed E-state index contributed by atoms with van der Waals surface area (Å²) < 4.78 is 22.7. The van der Waals surface area contributed by atoms with Crippen molar-refractivity contribution in [2.45, 2.75) is 18.2 Å². The Morgan fingerprint density at radius 3 is 2.62 bits per heavy atom. The Morgan fingerprint density at radius 1 is 1.24 bits per heavy atom. The van der Waals surface area contributed by atoms with E-state index in [0.29, 0.717) is 6.54 Å². The van der Waals surface area contributed by atoms with Crippen molar-refractivity contribution in [2.24, 2.45) is 5.14 Å². The van der Waals surface area contributed by atoms with Crippen molar-refractivity contribution in [3.63, 3.8) is 0 Å². The molecule has 1 unspecified atom stereocenters. The van der Waals surface area contributed by atoms with Crippen molar-refractivity contribution >= 4 is 27.0 Å². The number of hydrogen-bond acceptors (Lipinski definition) is 5. The molecule has 2 heterocycles. The van der Waals surface area contributed by atoms with E-state index in [1.807, 2.05) is 18.2 Å². The average Bonchev–Trinajstić information content (AvgIpc) is 2.80. The van der Waals surface area contributed by atoms with Crippen LogP contribution in [-0.4, -0.2) is 41.0 Å². The molecule has 1 fully saturated rings. The summed E-state index contributed by atoms with van der Waals surface area (Å²) in [5, 5.41) is 4.29. The highest BCUT2D eigenvalue weighted by Crippen LogP contribution is 2.20. The molecular formula is C13H14N4O3S. The van der Waals surface area contributed by atoms with E-state index in [0.717, 1.165) is 16.6 Å². The van der Waals surface area contributed by atoms with Gasteiger partial charge in [-0.1, -0.05) is 6.07 Å². The number of hydrogen-bond donors (Lipinski definition) is 1. The number of carbonyl (C=O) groups is 1. The Morgan fingerprint density at radius 2 is 1.95 bits per heavy atom. The molecule has 1 aromatic heterocycles. The van der Waals surface area contributed by atoms with Crippen LogP contribution < -0.4 is 5.14 Å². The largest absolute Gasteiger partial charge is 0.337 e. The maximum absolute atomic E-state index is 11.9. The van der Waals surface area contributed by atoms with Crippen molar-refractivity contribution in [2.75, 3.05) is 6.54 Å². The minimum absolute atomic E-state index is 0.0494. The molecule has 1 amide bonds. The van der Waals surface area contributed by atoms with Gasteiger partial charge in [0.1, 0.15) is 5.25 Å². The van der Waals surface area contributed by atoms with Gasteiger partial charge in [0, 0.05) is 31.9 Å². The molecule has 0 radical (unpaired) electrons. The van der Waals surface area contributed by atoms with E-state index < -0.39 is 15.3 Å². The van der Waals surface area contributed by atoms with Gasteiger partial charge in [-0.3, -0.25) is 14.8 Å². The van der Waals surface area contributed by atoms with Gasteiger partial charge in [-0.2, -0.15) is 0 Å². The summed E-state index contributed by atoms with van der Waals surface area (Å²) in [6, 6.07) is 5.53. The predicted molar refractivity (Wildman–Crippen MR) is 76.5 cm³/mol. The van der Waals surface area contributed by atoms with Crippen LogP contribution in [0, 0.1) is 0 Å². The molecule has 0 saturated carbocycles. The van der Waals surface area contributed by atoms with E-state index in [1.165, 1.54) is 4.90 Å². The highest BCUT2D eigenvalue weighted by molar-refractivity contribution is 7.89. The standard InChI is InChI=1S/C13H14N4O3S/c14-21(19,20)10-6-13(18)17(8-10)7-9-1-2-11-12(5-9)16-4-3-15-11/h1-5,10H,6-8H2,(H2,14,19,20). The van der Waals surface area contributed by atoms with E-state index in [-0.39, 0.29) is 18.9 Å². The molecule has 2 N–H and O–H groups in total. The fraction of sp³-hybridized carbons (Fsp3) is 0.308. The number of rotatable bonds is 3. The maximum atomic E-state index is 11.9. The lowest BCUT2D eigenvalue weighted by Crippen LogP contribution is -2.31. The lowest BCUT2D eigenvalue weighted by Gasteiger charge is -2.16. The van der Waals surface area contributed by atoms with Crippen LogP contribution >= 0.6 is 0 Å². The molecule has 1 saturated heterocycles. The summed E-state index contributed by atoms with van der Waals surface area (Å²) >= 11 is 0. The molecule has 8 heteroatoms. The van der Waals surface area contributed by atoms with Crippen molar-refractivity contribution in [3.8, 4) is 0 Å². The zero-order valence-electron chi connectivity index (χ0n) is 11.1. The summed E-state index contributed by atoms with van der Waals surface area (Å²) in [5.74, 6) is -0.201. The first-order valence-corrected chi connectivity index (χ1v) is 8.03. The average molecular weight is 306 g/mol. The SMILES string of the molecule is NS(=O)(=O)C1CC(=O)N(Cc2ccc3nccnc3c2)C1. The first-order chi connectivity index (χ1) is 9.93. The second-order valence-electron chi connectivity index (χ2n) is 5.07. The van der Waals surface area contributed by atoms with Crippen LogP contribution in [0.5, 0.6) is 0 Å². The predicted octanol–water partition coefficient (Wildman–Crippen LogP) is 0.0192. The lowest BCUT2D eigenvalue weighted by atomic mass is 10.2. The summed E-state index contributed by atoms with van der Waals surface area (Å²) in [7, 11) is -3.68. The quantitative estimate of drug-likeness (QED) is 0.860. The molecular weight excluding hydrogens is 292 g/mol. The zero-order chi connectivity index (χ0) is 15.0. The Bertz CT molecular complexity index is 806. The molecule has 110 valence electrons. The third kappa shape index (κ3) is 2.86. The molecule has 7 nitrogen and oxygen atoms in total. The van der Waals surface area contributed by atoms with E-state index in [2.05, 4.69) is 9.97 Å². The van der Waals surface area contributed by atoms with Gasteiger partial charge in [0.05, 0.1) is 11.0 Å². The van der Waals surface area contributed by atoms with E-state index in [4.69, 9.17) is 5.14 Å². The number of fused-ring (bicyclic) bond motifs is 1. The van der Waals surface area contributed by atoms with Gasteiger partial charge in [0.25, 0.3) is 0 Å². The molecule has 0 aliphatic carbocycles. The number of benzene rings is 1. The third-order valence-corrected chi connectivity index (χ3v) is 4.80. The van der Waals surface area contributed by atoms with Gasteiger partial charge in [0.15, 0.2) is 0 Å². The van der Waals surface area contributed by atoms with E-state index in [1.54, 1.807) is 12.4 Å². The number of primary sulfonamides is 1. The number of carbonyl (C=O) groups excluding carboxylic acids is 1. The van der Waals surface area contributed by atoms with Gasteiger partial charge in [-0.15, -0.1) is 0 Å². The van der Waals surface area contributed by atoms with Crippen LogP contribution in [0.15, 0.2) is 30.6 Å². The molecule has 1 aromatic carbocycles. The van der Waals surface area contributed by atoms with Crippen LogP contribution in [0.2, 0.25) is 0 Å². The van der Waals surface area contributed by atoms with Gasteiger partial charge in [0.2, 0.25) is 15.9 Å². The highest BCUT2D eigenvalue weighted by Gasteiger charge is 2.36. The van der Waals surface area contributed by atoms with Crippen LogP contribution in [0.3, 0.4) is 0 Å². The van der Waals surface area contributed by atoms with Crippen molar-refractivity contribution in [1.29, 1.82) is 0 Å². The maximum Gasteiger partial charge on any atom is 0.224 e. The Labute approximate surface area is 121 Å². The van der Waals surface area contributed by atoms with Gasteiger partial charge in [-0.25, -0.2) is 13.6 Å². The second-order valence-corrected chi connectivity index (χ2v) is 6.91. The van der Waals surface area contributed by atoms with Crippen LogP contribution in [0.25, 0.3) is 11.0 Å². The molecule has 0 spiro atoms. The topological polar surface area (TPSA) is 106 Å². The van der Waals surface area contributed by atoms with Gasteiger partial charge < -0.3 is 4.90 Å². The van der Waals surface area contributed by atoms with Crippen molar-refractivity contribution < 1.29 is 13.2 Å². The van der Waals surface area contributed by atoms with E-state index in [9.17, 15) is 13.2 Å². The Hall–Kier alpha value is -2.06. The summed E-state index contributed by atoms with van der Waals surface area (Å²) in [5.41, 5.74) is 2.40. The fourth-order valence-electron chi connectivity index (χ4n) is 2.44. The summed E-state index contributed by atoms with van der Waals surface area (Å²) in [6.07, 6.45) is 3.17. The molecule has 1 aliphatic heterocycles. The minimum atomic E-state index is -3.68. The Balaban J connectivity index is 1.81. The molecule has 21 heavy (non-hydrogen) atoms. The highest BCUT2D eigenvalue weighted by atomic mass is 32.2. The number of amides is 1. The molecule has 1 atom stereocenters. The molecule has 0 bridgehead atoms. The smallest absolute Gasteiger partial charge is 0.224 e. The van der Waals surface area contributed by atoms with Crippen LogP contribution in [0.4, 0.5) is 0 Å². The van der Waals surface area contributed by atoms with Crippen molar-refractivity contribution in [1.82, 2.24) is 14.9 Å². The number of likely N-dealkylation sites (tertiary alicyclic amines) is 1. The first kappa shape index (κ1) is 13.9. The second kappa shape index (κ2) is 5.05. The number of sulfonamides is 1. The lowest BCUT2D eigenvalue weighted by molar-refractivity contribution is -0.128. The summed E-state index contributed by atoms with van der Waals surface area (Å²) in [4.78, 5) is 21.8. The molecule has 2 aromatic rings. The zero-order valence-corrected chi connectivity index (χ0v) is 12.0. The number of nitrogens with two attached hydrogens (primary N) is 1. The Kier molecular flexibility index (Phi) is 3.34. The number of aromatic nitrogens is 2. The van der Waals surface area contributed by atoms with Gasteiger partial charge in [-0.05, 0) is 17.7 Å². The third-order valence-electron chi connectivity index (χ3n) is 3.55. The van der Waals surface area contributed by atoms with E-state index >= 15 is 0 Å². The number of nitrogens with zero attached hydrogens (tertiary/aromatic N) is 3. The first-order valence-electron chi connectivity index (χ1n) is 6.42.